The van der Waals surface area contributed by atoms with Crippen LogP contribution in [0.5, 0.6) is 0 Å². The first-order valence-electron chi connectivity index (χ1n) is 14.2. The van der Waals surface area contributed by atoms with Crippen LogP contribution in [0, 0.1) is 0 Å². The lowest BCUT2D eigenvalue weighted by Crippen LogP contribution is -1.98. The molecule has 0 atom stereocenters. The molecule has 9 rings (SSSR count). The van der Waals surface area contributed by atoms with E-state index in [2.05, 4.69) is 129 Å². The molecule has 42 heavy (non-hydrogen) atoms. The number of pyridine rings is 2. The molecule has 0 unspecified atom stereocenters. The van der Waals surface area contributed by atoms with Crippen molar-refractivity contribution < 1.29 is 0 Å². The molecule has 0 aliphatic rings. The number of aromatic nitrogens is 4. The fourth-order valence-corrected chi connectivity index (χ4v) is 6.59. The van der Waals surface area contributed by atoms with E-state index >= 15 is 0 Å². The molecule has 0 aliphatic carbocycles. The third kappa shape index (κ3) is 3.29. The molecule has 0 saturated heterocycles. The average Bonchev–Trinajstić information content (AvgIpc) is 3.57. The Labute approximate surface area is 241 Å². The monoisotopic (exact) mass is 536 g/mol. The van der Waals surface area contributed by atoms with Crippen LogP contribution in [0.1, 0.15) is 0 Å². The van der Waals surface area contributed by atoms with Gasteiger partial charge in [0.15, 0.2) is 0 Å². The molecular weight excluding hydrogens is 512 g/mol. The van der Waals surface area contributed by atoms with Crippen LogP contribution >= 0.6 is 0 Å². The highest BCUT2D eigenvalue weighted by molar-refractivity contribution is 6.22. The van der Waals surface area contributed by atoms with Gasteiger partial charge in [0.05, 0.1) is 22.1 Å². The van der Waals surface area contributed by atoms with Crippen LogP contribution in [0.4, 0.5) is 0 Å². The van der Waals surface area contributed by atoms with Crippen molar-refractivity contribution in [2.45, 2.75) is 0 Å². The molecule has 0 fully saturated rings. The van der Waals surface area contributed by atoms with E-state index in [0.29, 0.717) is 0 Å². The first-order chi connectivity index (χ1) is 20.8. The standard InChI is InChI=1S/C38H24N4/c1-2-10-28(11-3-1)41-34-14-6-5-13-30(34)33-21-26-16-17-31-29-12-4-7-15-35(29)42(38(31)32(26)23-36(33)41)37-22-25(18-20-40-37)27-9-8-19-39-24-27/h1-24H. The molecular formula is C38H24N4. The number of para-hydroxylation sites is 3. The zero-order valence-corrected chi connectivity index (χ0v) is 22.6. The summed E-state index contributed by atoms with van der Waals surface area (Å²) >= 11 is 0. The largest absolute Gasteiger partial charge is 0.309 e. The molecule has 196 valence electrons. The maximum atomic E-state index is 4.91. The molecule has 9 aromatic rings. The molecule has 5 aromatic carbocycles. The van der Waals surface area contributed by atoms with E-state index in [1.807, 2.05) is 24.5 Å². The molecule has 4 heteroatoms. The average molecular weight is 537 g/mol. The summed E-state index contributed by atoms with van der Waals surface area (Å²) in [6, 6.07) is 45.5. The number of rotatable bonds is 3. The van der Waals surface area contributed by atoms with Gasteiger partial charge in [-0.2, -0.15) is 0 Å². The van der Waals surface area contributed by atoms with Gasteiger partial charge in [-0.05, 0) is 65.5 Å². The summed E-state index contributed by atoms with van der Waals surface area (Å²) in [5.74, 6) is 0.888. The molecule has 0 radical (unpaired) electrons. The molecule has 0 N–H and O–H groups in total. The summed E-state index contributed by atoms with van der Waals surface area (Å²) in [6.07, 6.45) is 5.61. The molecule has 0 spiro atoms. The molecule has 0 amide bonds. The Morgan fingerprint density at radius 1 is 0.452 bits per heavy atom. The van der Waals surface area contributed by atoms with Gasteiger partial charge in [-0.1, -0.05) is 72.8 Å². The lowest BCUT2D eigenvalue weighted by molar-refractivity contribution is 1.08. The van der Waals surface area contributed by atoms with Gasteiger partial charge >= 0.3 is 0 Å². The third-order valence-electron chi connectivity index (χ3n) is 8.43. The second kappa shape index (κ2) is 8.88. The zero-order valence-electron chi connectivity index (χ0n) is 22.6. The van der Waals surface area contributed by atoms with Gasteiger partial charge in [-0.15, -0.1) is 0 Å². The van der Waals surface area contributed by atoms with Crippen molar-refractivity contribution >= 4 is 54.4 Å². The highest BCUT2D eigenvalue weighted by Crippen LogP contribution is 2.40. The first kappa shape index (κ1) is 23.0. The molecule has 4 heterocycles. The summed E-state index contributed by atoms with van der Waals surface area (Å²) < 4.78 is 4.71. The van der Waals surface area contributed by atoms with E-state index in [-0.39, 0.29) is 0 Å². The van der Waals surface area contributed by atoms with Crippen molar-refractivity contribution in [3.05, 3.63) is 146 Å². The van der Waals surface area contributed by atoms with E-state index < -0.39 is 0 Å². The minimum atomic E-state index is 0.888. The summed E-state index contributed by atoms with van der Waals surface area (Å²) in [7, 11) is 0. The Hall–Kier alpha value is -5.74. The van der Waals surface area contributed by atoms with Gasteiger partial charge in [-0.25, -0.2) is 4.98 Å². The van der Waals surface area contributed by atoms with Crippen LogP contribution in [0.25, 0.3) is 77.0 Å². The minimum Gasteiger partial charge on any atom is -0.309 e. The van der Waals surface area contributed by atoms with Crippen molar-refractivity contribution in [1.29, 1.82) is 0 Å². The van der Waals surface area contributed by atoms with E-state index in [4.69, 9.17) is 4.98 Å². The van der Waals surface area contributed by atoms with Gasteiger partial charge in [-0.3, -0.25) is 9.55 Å². The number of fused-ring (bicyclic) bond motifs is 8. The number of nitrogens with zero attached hydrogens (tertiary/aromatic N) is 4. The van der Waals surface area contributed by atoms with Crippen molar-refractivity contribution in [2.75, 3.05) is 0 Å². The summed E-state index contributed by atoms with van der Waals surface area (Å²) in [5, 5.41) is 7.34. The van der Waals surface area contributed by atoms with Crippen LogP contribution in [-0.2, 0) is 0 Å². The lowest BCUT2D eigenvalue weighted by atomic mass is 10.0. The predicted molar refractivity (Wildman–Crippen MR) is 174 cm³/mol. The van der Waals surface area contributed by atoms with Crippen molar-refractivity contribution in [2.24, 2.45) is 0 Å². The van der Waals surface area contributed by atoms with E-state index in [0.717, 1.165) is 33.7 Å². The third-order valence-corrected chi connectivity index (χ3v) is 8.43. The second-order valence-electron chi connectivity index (χ2n) is 10.7. The van der Waals surface area contributed by atoms with Crippen LogP contribution < -0.4 is 0 Å². The van der Waals surface area contributed by atoms with Gasteiger partial charge in [0.2, 0.25) is 0 Å². The van der Waals surface area contributed by atoms with E-state index in [1.165, 1.54) is 43.4 Å². The van der Waals surface area contributed by atoms with E-state index in [1.54, 1.807) is 6.20 Å². The predicted octanol–water partition coefficient (Wildman–Crippen LogP) is 9.49. The van der Waals surface area contributed by atoms with Gasteiger partial charge in [0.1, 0.15) is 5.82 Å². The second-order valence-corrected chi connectivity index (χ2v) is 10.7. The molecule has 0 saturated carbocycles. The molecule has 4 nitrogen and oxygen atoms in total. The fourth-order valence-electron chi connectivity index (χ4n) is 6.59. The number of hydrogen-bond donors (Lipinski definition) is 0. The van der Waals surface area contributed by atoms with Gasteiger partial charge in [0.25, 0.3) is 0 Å². The lowest BCUT2D eigenvalue weighted by Gasteiger charge is -2.12. The highest BCUT2D eigenvalue weighted by atomic mass is 15.1. The smallest absolute Gasteiger partial charge is 0.138 e. The number of hydrogen-bond acceptors (Lipinski definition) is 2. The van der Waals surface area contributed by atoms with Crippen LogP contribution in [0.2, 0.25) is 0 Å². The zero-order chi connectivity index (χ0) is 27.6. The van der Waals surface area contributed by atoms with Crippen LogP contribution in [0.3, 0.4) is 0 Å². The summed E-state index contributed by atoms with van der Waals surface area (Å²) in [4.78, 5) is 9.26. The molecule has 0 aliphatic heterocycles. The maximum absolute atomic E-state index is 4.91. The minimum absolute atomic E-state index is 0.888. The normalized spacial score (nSPS) is 11.8. The van der Waals surface area contributed by atoms with Crippen molar-refractivity contribution in [3.8, 4) is 22.6 Å². The SMILES string of the molecule is c1ccc(-n2c3ccccc3c3cc4ccc5c6ccccc6n(-c6cc(-c7cccnc7)ccn6)c5c4cc32)cc1. The van der Waals surface area contributed by atoms with Gasteiger partial charge < -0.3 is 4.57 Å². The topological polar surface area (TPSA) is 35.6 Å². The highest BCUT2D eigenvalue weighted by Gasteiger charge is 2.19. The molecule has 4 aromatic heterocycles. The Morgan fingerprint density at radius 3 is 2.02 bits per heavy atom. The van der Waals surface area contributed by atoms with Crippen molar-refractivity contribution in [1.82, 2.24) is 19.1 Å². The van der Waals surface area contributed by atoms with Crippen LogP contribution in [-0.4, -0.2) is 19.1 Å². The summed E-state index contributed by atoms with van der Waals surface area (Å²) in [5.41, 5.74) is 8.01. The van der Waals surface area contributed by atoms with Gasteiger partial charge in [0, 0.05) is 56.8 Å². The Bertz CT molecular complexity index is 2450. The quantitative estimate of drug-likeness (QED) is 0.225. The van der Waals surface area contributed by atoms with Crippen molar-refractivity contribution in [3.63, 3.8) is 0 Å². The Balaban J connectivity index is 1.43. The van der Waals surface area contributed by atoms with E-state index in [9.17, 15) is 0 Å². The maximum Gasteiger partial charge on any atom is 0.138 e. The Morgan fingerprint density at radius 2 is 1.21 bits per heavy atom. The summed E-state index contributed by atoms with van der Waals surface area (Å²) in [6.45, 7) is 0. The fraction of sp³-hybridized carbons (Fsp3) is 0. The molecule has 0 bridgehead atoms. The Kier molecular flexibility index (Phi) is 4.87. The number of benzene rings is 5. The first-order valence-corrected chi connectivity index (χ1v) is 14.2. The van der Waals surface area contributed by atoms with Crippen LogP contribution in [0.15, 0.2) is 146 Å².